The van der Waals surface area contributed by atoms with Crippen LogP contribution >= 0.6 is 0 Å². The fourth-order valence-corrected chi connectivity index (χ4v) is 3.83. The number of nitriles is 1. The molecule has 4 bridgehead atoms. The van der Waals surface area contributed by atoms with Gasteiger partial charge >= 0.3 is 0 Å². The van der Waals surface area contributed by atoms with Gasteiger partial charge in [0.1, 0.15) is 5.78 Å². The highest BCUT2D eigenvalue weighted by atomic mass is 16.1. The Kier molecular flexibility index (Phi) is 1.36. The van der Waals surface area contributed by atoms with E-state index < -0.39 is 0 Å². The van der Waals surface area contributed by atoms with E-state index in [-0.39, 0.29) is 11.8 Å². The third-order valence-corrected chi connectivity index (χ3v) is 4.29. The number of hydrogen-bond acceptors (Lipinski definition) is 2. The SMILES string of the molecule is N#CC1C2CC3CC(C2)C(=O)C1C3. The van der Waals surface area contributed by atoms with E-state index >= 15 is 0 Å². The van der Waals surface area contributed by atoms with Crippen LogP contribution in [-0.2, 0) is 4.79 Å². The van der Waals surface area contributed by atoms with Crippen LogP contribution in [0.1, 0.15) is 25.7 Å². The van der Waals surface area contributed by atoms with E-state index in [9.17, 15) is 4.79 Å². The first-order chi connectivity index (χ1) is 6.29. The van der Waals surface area contributed by atoms with Crippen LogP contribution in [0.5, 0.6) is 0 Å². The normalized spacial score (nSPS) is 52.2. The van der Waals surface area contributed by atoms with Crippen molar-refractivity contribution in [3.8, 4) is 6.07 Å². The second-order valence-electron chi connectivity index (χ2n) is 4.93. The molecule has 0 spiro atoms. The van der Waals surface area contributed by atoms with Crippen molar-refractivity contribution in [2.24, 2.45) is 29.6 Å². The molecule has 0 aliphatic heterocycles. The zero-order chi connectivity index (χ0) is 9.00. The fourth-order valence-electron chi connectivity index (χ4n) is 3.83. The maximum atomic E-state index is 11.8. The Morgan fingerprint density at radius 2 is 2.08 bits per heavy atom. The zero-order valence-corrected chi connectivity index (χ0v) is 7.57. The van der Waals surface area contributed by atoms with Gasteiger partial charge in [-0.1, -0.05) is 0 Å². The fraction of sp³-hybridized carbons (Fsp3) is 0.818. The van der Waals surface area contributed by atoms with Crippen molar-refractivity contribution in [1.82, 2.24) is 0 Å². The van der Waals surface area contributed by atoms with Crippen LogP contribution in [0.25, 0.3) is 0 Å². The van der Waals surface area contributed by atoms with E-state index in [1.807, 2.05) is 0 Å². The Labute approximate surface area is 77.9 Å². The van der Waals surface area contributed by atoms with E-state index in [1.165, 1.54) is 6.42 Å². The molecule has 0 aromatic carbocycles. The summed E-state index contributed by atoms with van der Waals surface area (Å²) in [5.41, 5.74) is 0. The van der Waals surface area contributed by atoms with E-state index in [4.69, 9.17) is 5.26 Å². The quantitative estimate of drug-likeness (QED) is 0.563. The minimum absolute atomic E-state index is 0.0697. The summed E-state index contributed by atoms with van der Waals surface area (Å²) in [6.45, 7) is 0. The van der Waals surface area contributed by atoms with Gasteiger partial charge in [-0.05, 0) is 37.5 Å². The number of carbonyl (C=O) groups is 1. The smallest absolute Gasteiger partial charge is 0.140 e. The van der Waals surface area contributed by atoms with Crippen molar-refractivity contribution in [1.29, 1.82) is 5.26 Å². The standard InChI is InChI=1S/C11H13NO/c12-5-10-7-1-6-2-8(4-7)11(13)9(10)3-6/h6-10H,1-4H2. The molecule has 4 saturated carbocycles. The van der Waals surface area contributed by atoms with Crippen molar-refractivity contribution in [3.05, 3.63) is 0 Å². The predicted octanol–water partition coefficient (Wildman–Crippen LogP) is 1.76. The van der Waals surface area contributed by atoms with Crippen LogP contribution in [-0.4, -0.2) is 5.78 Å². The van der Waals surface area contributed by atoms with Gasteiger partial charge < -0.3 is 0 Å². The minimum Gasteiger partial charge on any atom is -0.299 e. The highest BCUT2D eigenvalue weighted by Gasteiger charge is 2.53. The van der Waals surface area contributed by atoms with Crippen molar-refractivity contribution < 1.29 is 4.79 Å². The van der Waals surface area contributed by atoms with E-state index in [1.54, 1.807) is 0 Å². The molecule has 0 saturated heterocycles. The molecular weight excluding hydrogens is 162 g/mol. The van der Waals surface area contributed by atoms with E-state index in [2.05, 4.69) is 6.07 Å². The Morgan fingerprint density at radius 3 is 2.85 bits per heavy atom. The Balaban J connectivity index is 1.99. The van der Waals surface area contributed by atoms with Gasteiger partial charge in [0.2, 0.25) is 0 Å². The van der Waals surface area contributed by atoms with Crippen LogP contribution in [0.4, 0.5) is 0 Å². The second kappa shape index (κ2) is 2.35. The molecule has 4 rings (SSSR count). The number of ketones is 1. The maximum Gasteiger partial charge on any atom is 0.140 e. The lowest BCUT2D eigenvalue weighted by Gasteiger charge is -2.50. The molecule has 0 aromatic heterocycles. The van der Waals surface area contributed by atoms with Gasteiger partial charge in [0.05, 0.1) is 12.0 Å². The van der Waals surface area contributed by atoms with Gasteiger partial charge in [0.15, 0.2) is 0 Å². The van der Waals surface area contributed by atoms with Gasteiger partial charge in [-0.25, -0.2) is 0 Å². The van der Waals surface area contributed by atoms with Crippen LogP contribution in [0.2, 0.25) is 0 Å². The van der Waals surface area contributed by atoms with Crippen LogP contribution < -0.4 is 0 Å². The number of hydrogen-bond donors (Lipinski definition) is 0. The van der Waals surface area contributed by atoms with Crippen LogP contribution in [0.3, 0.4) is 0 Å². The molecule has 13 heavy (non-hydrogen) atoms. The molecule has 2 heteroatoms. The number of nitrogens with zero attached hydrogens (tertiary/aromatic N) is 1. The summed E-state index contributed by atoms with van der Waals surface area (Å²) in [6.07, 6.45) is 4.39. The number of Topliss-reactive ketones (excluding diaryl/α,β-unsaturated/α-hetero) is 1. The summed E-state index contributed by atoms with van der Waals surface area (Å²) in [7, 11) is 0. The molecule has 0 aromatic rings. The molecule has 0 amide bonds. The molecule has 2 nitrogen and oxygen atoms in total. The van der Waals surface area contributed by atoms with Gasteiger partial charge in [-0.2, -0.15) is 5.26 Å². The van der Waals surface area contributed by atoms with E-state index in [0.29, 0.717) is 17.6 Å². The van der Waals surface area contributed by atoms with Gasteiger partial charge in [-0.3, -0.25) is 4.79 Å². The Bertz CT molecular complexity index is 304. The molecule has 0 heterocycles. The van der Waals surface area contributed by atoms with Gasteiger partial charge in [-0.15, -0.1) is 0 Å². The lowest BCUT2D eigenvalue weighted by molar-refractivity contribution is -0.143. The lowest BCUT2D eigenvalue weighted by Crippen LogP contribution is -2.50. The minimum atomic E-state index is 0.0697. The third kappa shape index (κ3) is 0.852. The first kappa shape index (κ1) is 7.55. The van der Waals surface area contributed by atoms with Crippen molar-refractivity contribution in [2.45, 2.75) is 25.7 Å². The Morgan fingerprint density at radius 1 is 1.23 bits per heavy atom. The molecule has 68 valence electrons. The molecule has 4 fully saturated rings. The van der Waals surface area contributed by atoms with Crippen LogP contribution in [0, 0.1) is 40.9 Å². The highest BCUT2D eigenvalue weighted by molar-refractivity contribution is 5.86. The van der Waals surface area contributed by atoms with Crippen molar-refractivity contribution >= 4 is 5.78 Å². The summed E-state index contributed by atoms with van der Waals surface area (Å²) in [5.74, 6) is 2.29. The molecule has 4 aliphatic rings. The maximum absolute atomic E-state index is 11.8. The summed E-state index contributed by atoms with van der Waals surface area (Å²) in [4.78, 5) is 11.8. The van der Waals surface area contributed by atoms with Crippen molar-refractivity contribution in [3.63, 3.8) is 0 Å². The average Bonchev–Trinajstić information content (AvgIpc) is 2.13. The monoisotopic (exact) mass is 175 g/mol. The molecule has 5 atom stereocenters. The van der Waals surface area contributed by atoms with Gasteiger partial charge in [0.25, 0.3) is 0 Å². The molecule has 4 aliphatic carbocycles. The topological polar surface area (TPSA) is 40.9 Å². The lowest BCUT2D eigenvalue weighted by atomic mass is 9.51. The molecule has 0 radical (unpaired) electrons. The summed E-state index contributed by atoms with van der Waals surface area (Å²) in [5, 5.41) is 9.01. The summed E-state index contributed by atoms with van der Waals surface area (Å²) < 4.78 is 0. The second-order valence-corrected chi connectivity index (χ2v) is 4.93. The first-order valence-electron chi connectivity index (χ1n) is 5.23. The largest absolute Gasteiger partial charge is 0.299 e. The van der Waals surface area contributed by atoms with Gasteiger partial charge in [0, 0.05) is 11.8 Å². The predicted molar refractivity (Wildman–Crippen MR) is 46.5 cm³/mol. The van der Waals surface area contributed by atoms with E-state index in [0.717, 1.165) is 25.2 Å². The first-order valence-corrected chi connectivity index (χ1v) is 5.23. The Hall–Kier alpha value is -0.840. The zero-order valence-electron chi connectivity index (χ0n) is 7.57. The number of carbonyl (C=O) groups excluding carboxylic acids is 1. The molecule has 0 N–H and O–H groups in total. The number of rotatable bonds is 0. The van der Waals surface area contributed by atoms with Crippen LogP contribution in [0.15, 0.2) is 0 Å². The molecular formula is C11H13NO. The third-order valence-electron chi connectivity index (χ3n) is 4.29. The molecule has 5 unspecified atom stereocenters. The summed E-state index contributed by atoms with van der Waals surface area (Å²) in [6, 6.07) is 2.36. The average molecular weight is 175 g/mol. The highest BCUT2D eigenvalue weighted by Crippen LogP contribution is 2.54. The summed E-state index contributed by atoms with van der Waals surface area (Å²) >= 11 is 0. The van der Waals surface area contributed by atoms with Crippen molar-refractivity contribution in [2.75, 3.05) is 0 Å².